The zero-order valence-electron chi connectivity index (χ0n) is 15.6. The highest BCUT2D eigenvalue weighted by atomic mass is 16.5. The number of morpholine rings is 1. The van der Waals surface area contributed by atoms with Gasteiger partial charge < -0.3 is 10.1 Å². The molecule has 1 saturated heterocycles. The normalized spacial score (nSPS) is 19.3. The summed E-state index contributed by atoms with van der Waals surface area (Å²) >= 11 is 0. The highest BCUT2D eigenvalue weighted by molar-refractivity contribution is 5.76. The summed E-state index contributed by atoms with van der Waals surface area (Å²) in [4.78, 5) is 22.2. The Bertz CT molecular complexity index is 967. The lowest BCUT2D eigenvalue weighted by molar-refractivity contribution is -0.0159. The van der Waals surface area contributed by atoms with Gasteiger partial charge in [0.2, 0.25) is 5.95 Å². The molecule has 2 atom stereocenters. The maximum Gasteiger partial charge on any atom is 0.263 e. The Hall–Kier alpha value is -2.71. The maximum absolute atomic E-state index is 12.4. The Morgan fingerprint density at radius 2 is 2.19 bits per heavy atom. The first-order valence-electron chi connectivity index (χ1n) is 9.24. The van der Waals surface area contributed by atoms with Crippen LogP contribution >= 0.6 is 0 Å². The van der Waals surface area contributed by atoms with Gasteiger partial charge in [0.05, 0.1) is 25.1 Å². The second-order valence-electron chi connectivity index (χ2n) is 6.94. The SMILES string of the molecule is CC(CNc1nc2c(cnn2-c2ccccc2)c(=O)[nH]1)N1CCOCC1C. The van der Waals surface area contributed by atoms with Gasteiger partial charge in [0.1, 0.15) is 5.39 Å². The summed E-state index contributed by atoms with van der Waals surface area (Å²) in [5.41, 5.74) is 1.21. The number of fused-ring (bicyclic) bond motifs is 1. The molecule has 3 aromatic rings. The Morgan fingerprint density at radius 3 is 2.96 bits per heavy atom. The molecule has 1 fully saturated rings. The second kappa shape index (κ2) is 7.50. The van der Waals surface area contributed by atoms with Gasteiger partial charge >= 0.3 is 0 Å². The lowest BCUT2D eigenvalue weighted by Crippen LogP contribution is -2.50. The third-order valence-corrected chi connectivity index (χ3v) is 4.99. The fourth-order valence-corrected chi connectivity index (χ4v) is 3.52. The molecule has 3 heterocycles. The molecule has 0 saturated carbocycles. The molecule has 1 aliphatic heterocycles. The first-order chi connectivity index (χ1) is 13.1. The van der Waals surface area contributed by atoms with Crippen molar-refractivity contribution < 1.29 is 4.74 Å². The number of H-pyrrole nitrogens is 1. The fraction of sp³-hybridized carbons (Fsp3) is 0.421. The highest BCUT2D eigenvalue weighted by Crippen LogP contribution is 2.15. The van der Waals surface area contributed by atoms with E-state index in [1.54, 1.807) is 10.9 Å². The maximum atomic E-state index is 12.4. The molecule has 2 unspecified atom stereocenters. The zero-order valence-corrected chi connectivity index (χ0v) is 15.6. The van der Waals surface area contributed by atoms with E-state index >= 15 is 0 Å². The Kier molecular flexibility index (Phi) is 4.91. The van der Waals surface area contributed by atoms with Gasteiger partial charge in [0, 0.05) is 25.2 Å². The van der Waals surface area contributed by atoms with Crippen molar-refractivity contribution in [3.63, 3.8) is 0 Å². The first-order valence-corrected chi connectivity index (χ1v) is 9.24. The van der Waals surface area contributed by atoms with Crippen LogP contribution in [0.5, 0.6) is 0 Å². The van der Waals surface area contributed by atoms with Gasteiger partial charge in [0.15, 0.2) is 5.65 Å². The van der Waals surface area contributed by atoms with E-state index in [0.29, 0.717) is 35.6 Å². The Balaban J connectivity index is 1.56. The van der Waals surface area contributed by atoms with Gasteiger partial charge in [0.25, 0.3) is 5.56 Å². The summed E-state index contributed by atoms with van der Waals surface area (Å²) in [6, 6.07) is 10.3. The van der Waals surface area contributed by atoms with Crippen LogP contribution < -0.4 is 10.9 Å². The number of ether oxygens (including phenoxy) is 1. The predicted molar refractivity (Wildman–Crippen MR) is 104 cm³/mol. The summed E-state index contributed by atoms with van der Waals surface area (Å²) in [5, 5.41) is 8.08. The lowest BCUT2D eigenvalue weighted by atomic mass is 10.2. The monoisotopic (exact) mass is 368 g/mol. The lowest BCUT2D eigenvalue weighted by Gasteiger charge is -2.37. The van der Waals surface area contributed by atoms with Crippen molar-refractivity contribution >= 4 is 17.0 Å². The van der Waals surface area contributed by atoms with Crippen molar-refractivity contribution in [1.29, 1.82) is 0 Å². The van der Waals surface area contributed by atoms with E-state index in [0.717, 1.165) is 25.4 Å². The van der Waals surface area contributed by atoms with Crippen molar-refractivity contribution in [2.75, 3.05) is 31.6 Å². The van der Waals surface area contributed by atoms with Gasteiger partial charge in [-0.2, -0.15) is 10.1 Å². The molecule has 2 N–H and O–H groups in total. The van der Waals surface area contributed by atoms with Crippen LogP contribution in [0.2, 0.25) is 0 Å². The minimum absolute atomic E-state index is 0.197. The van der Waals surface area contributed by atoms with E-state index in [2.05, 4.69) is 39.1 Å². The topological polar surface area (TPSA) is 88.1 Å². The third kappa shape index (κ3) is 3.58. The fourth-order valence-electron chi connectivity index (χ4n) is 3.52. The predicted octanol–water partition coefficient (Wildman–Crippen LogP) is 1.63. The van der Waals surface area contributed by atoms with Crippen molar-refractivity contribution in [2.45, 2.75) is 25.9 Å². The molecule has 142 valence electrons. The van der Waals surface area contributed by atoms with Crippen molar-refractivity contribution in [3.05, 3.63) is 46.9 Å². The minimum Gasteiger partial charge on any atom is -0.379 e. The van der Waals surface area contributed by atoms with Crippen LogP contribution in [0.25, 0.3) is 16.7 Å². The second-order valence-corrected chi connectivity index (χ2v) is 6.94. The van der Waals surface area contributed by atoms with Crippen LogP contribution in [0.15, 0.2) is 41.3 Å². The average molecular weight is 368 g/mol. The van der Waals surface area contributed by atoms with E-state index in [4.69, 9.17) is 4.74 Å². The average Bonchev–Trinajstić information content (AvgIpc) is 3.12. The quantitative estimate of drug-likeness (QED) is 0.712. The zero-order chi connectivity index (χ0) is 18.8. The number of para-hydroxylation sites is 1. The van der Waals surface area contributed by atoms with E-state index < -0.39 is 0 Å². The number of aromatic nitrogens is 4. The van der Waals surface area contributed by atoms with Gasteiger partial charge in [-0.1, -0.05) is 18.2 Å². The molecule has 27 heavy (non-hydrogen) atoms. The molecule has 1 aliphatic rings. The number of nitrogens with zero attached hydrogens (tertiary/aromatic N) is 4. The van der Waals surface area contributed by atoms with E-state index in [1.165, 1.54) is 0 Å². The standard InChI is InChI=1S/C19H24N6O2/c1-13(24-8-9-27-12-14(24)2)10-20-19-22-17-16(18(26)23-19)11-21-25(17)15-6-4-3-5-7-15/h3-7,11,13-14H,8-10,12H2,1-2H3,(H2,20,22,23,26). The van der Waals surface area contributed by atoms with Crippen molar-refractivity contribution in [2.24, 2.45) is 0 Å². The Morgan fingerprint density at radius 1 is 1.37 bits per heavy atom. The smallest absolute Gasteiger partial charge is 0.263 e. The van der Waals surface area contributed by atoms with Crippen LogP contribution in [-0.2, 0) is 4.74 Å². The van der Waals surface area contributed by atoms with Crippen LogP contribution in [0.3, 0.4) is 0 Å². The van der Waals surface area contributed by atoms with Crippen molar-refractivity contribution in [3.8, 4) is 5.69 Å². The molecule has 0 amide bonds. The number of benzene rings is 1. The molecule has 1 aromatic carbocycles. The molecule has 0 bridgehead atoms. The molecule has 0 aliphatic carbocycles. The summed E-state index contributed by atoms with van der Waals surface area (Å²) in [6.45, 7) is 7.43. The van der Waals surface area contributed by atoms with Crippen LogP contribution in [-0.4, -0.2) is 63.0 Å². The number of rotatable bonds is 5. The van der Waals surface area contributed by atoms with Gasteiger partial charge in [-0.25, -0.2) is 4.68 Å². The largest absolute Gasteiger partial charge is 0.379 e. The van der Waals surface area contributed by atoms with Gasteiger partial charge in [-0.05, 0) is 26.0 Å². The minimum atomic E-state index is -0.197. The number of hydrogen-bond donors (Lipinski definition) is 2. The molecule has 0 spiro atoms. The summed E-state index contributed by atoms with van der Waals surface area (Å²) in [5.74, 6) is 0.456. The number of aromatic amines is 1. The number of nitrogens with one attached hydrogen (secondary N) is 2. The summed E-state index contributed by atoms with van der Waals surface area (Å²) in [6.07, 6.45) is 1.55. The third-order valence-electron chi connectivity index (χ3n) is 4.99. The van der Waals surface area contributed by atoms with Gasteiger partial charge in [-0.15, -0.1) is 0 Å². The summed E-state index contributed by atoms with van der Waals surface area (Å²) < 4.78 is 7.19. The highest BCUT2D eigenvalue weighted by Gasteiger charge is 2.23. The van der Waals surface area contributed by atoms with E-state index in [9.17, 15) is 4.79 Å². The number of hydrogen-bond acceptors (Lipinski definition) is 6. The summed E-state index contributed by atoms with van der Waals surface area (Å²) in [7, 11) is 0. The van der Waals surface area contributed by atoms with E-state index in [1.807, 2.05) is 30.3 Å². The van der Waals surface area contributed by atoms with Crippen LogP contribution in [0.1, 0.15) is 13.8 Å². The first kappa shape index (κ1) is 17.7. The molecule has 8 heteroatoms. The van der Waals surface area contributed by atoms with E-state index in [-0.39, 0.29) is 5.56 Å². The molecular weight excluding hydrogens is 344 g/mol. The van der Waals surface area contributed by atoms with Crippen LogP contribution in [0.4, 0.5) is 5.95 Å². The van der Waals surface area contributed by atoms with Crippen molar-refractivity contribution in [1.82, 2.24) is 24.6 Å². The Labute approximate surface area is 157 Å². The molecule has 0 radical (unpaired) electrons. The molecule has 8 nitrogen and oxygen atoms in total. The van der Waals surface area contributed by atoms with Gasteiger partial charge in [-0.3, -0.25) is 14.7 Å². The molecule has 4 rings (SSSR count). The number of anilines is 1. The van der Waals surface area contributed by atoms with Crippen LogP contribution in [0, 0.1) is 0 Å². The molecular formula is C19H24N6O2. The molecule has 2 aromatic heterocycles.